The molecule has 2 N–H and O–H groups in total. The molecule has 0 bridgehead atoms. The molecular formula is C7H11NO4. The minimum absolute atomic E-state index is 0.0846. The normalized spacial score (nSPS) is 17.2. The Morgan fingerprint density at radius 3 is 3.08 bits per heavy atom. The second kappa shape index (κ2) is 3.96. The molecule has 5 heteroatoms. The third-order valence-corrected chi connectivity index (χ3v) is 1.35. The summed E-state index contributed by atoms with van der Waals surface area (Å²) in [7, 11) is 0. The van der Waals surface area contributed by atoms with Crippen molar-refractivity contribution in [3.05, 3.63) is 11.5 Å². The fourth-order valence-corrected chi connectivity index (χ4v) is 0.730. The van der Waals surface area contributed by atoms with E-state index in [1.54, 1.807) is 0 Å². The van der Waals surface area contributed by atoms with Crippen LogP contribution in [0.4, 0.5) is 4.79 Å². The lowest BCUT2D eigenvalue weighted by molar-refractivity contribution is 0.0464. The van der Waals surface area contributed by atoms with E-state index in [1.165, 1.54) is 0 Å². The monoisotopic (exact) mass is 173 g/mol. The number of rotatable bonds is 3. The Hall–Kier alpha value is -1.23. The van der Waals surface area contributed by atoms with Crippen LogP contribution in [0.25, 0.3) is 0 Å². The molecule has 0 aromatic rings. The van der Waals surface area contributed by atoms with Gasteiger partial charge in [0.1, 0.15) is 13.2 Å². The van der Waals surface area contributed by atoms with Gasteiger partial charge in [-0.15, -0.1) is 0 Å². The molecule has 68 valence electrons. The molecule has 0 spiro atoms. The topological polar surface area (TPSA) is 70.8 Å². The van der Waals surface area contributed by atoms with Crippen LogP contribution in [0.1, 0.15) is 6.92 Å². The Labute approximate surface area is 70.1 Å². The van der Waals surface area contributed by atoms with Gasteiger partial charge in [0.25, 0.3) is 0 Å². The molecule has 0 fully saturated rings. The third-order valence-electron chi connectivity index (χ3n) is 1.35. The van der Waals surface area contributed by atoms with Crippen molar-refractivity contribution in [3.8, 4) is 0 Å². The van der Waals surface area contributed by atoms with Crippen molar-refractivity contribution in [3.63, 3.8) is 0 Å². The van der Waals surface area contributed by atoms with Gasteiger partial charge in [-0.1, -0.05) is 0 Å². The standard InChI is InChI=1S/C7H11NO4/c1-2-10-4-6-5(8)3-11-7(9)12-6/h2-4,8H2,1H3. The van der Waals surface area contributed by atoms with Gasteiger partial charge in [-0.2, -0.15) is 0 Å². The summed E-state index contributed by atoms with van der Waals surface area (Å²) < 4.78 is 14.2. The van der Waals surface area contributed by atoms with Crippen molar-refractivity contribution in [2.45, 2.75) is 6.92 Å². The summed E-state index contributed by atoms with van der Waals surface area (Å²) in [5.74, 6) is 0.355. The van der Waals surface area contributed by atoms with E-state index in [4.69, 9.17) is 10.5 Å². The van der Waals surface area contributed by atoms with Crippen molar-refractivity contribution < 1.29 is 19.0 Å². The maximum atomic E-state index is 10.6. The zero-order chi connectivity index (χ0) is 8.97. The molecule has 0 aliphatic carbocycles. The van der Waals surface area contributed by atoms with Crippen LogP contribution in [-0.4, -0.2) is 26.0 Å². The minimum Gasteiger partial charge on any atom is -0.427 e. The molecule has 0 saturated carbocycles. The Bertz CT molecular complexity index is 211. The zero-order valence-electron chi connectivity index (χ0n) is 6.83. The van der Waals surface area contributed by atoms with Crippen molar-refractivity contribution in [2.24, 2.45) is 5.73 Å². The molecule has 1 aliphatic heterocycles. The van der Waals surface area contributed by atoms with Crippen molar-refractivity contribution in [1.82, 2.24) is 0 Å². The summed E-state index contributed by atoms with van der Waals surface area (Å²) in [5.41, 5.74) is 5.88. The zero-order valence-corrected chi connectivity index (χ0v) is 6.83. The van der Waals surface area contributed by atoms with E-state index in [0.29, 0.717) is 18.1 Å². The first kappa shape index (κ1) is 8.86. The van der Waals surface area contributed by atoms with Crippen molar-refractivity contribution >= 4 is 6.16 Å². The highest BCUT2D eigenvalue weighted by Crippen LogP contribution is 2.10. The number of nitrogens with two attached hydrogens (primary N) is 1. The van der Waals surface area contributed by atoms with Crippen LogP contribution in [0.2, 0.25) is 0 Å². The third kappa shape index (κ3) is 2.13. The predicted octanol–water partition coefficient (Wildman–Crippen LogP) is 0.360. The van der Waals surface area contributed by atoms with E-state index in [1.807, 2.05) is 6.92 Å². The van der Waals surface area contributed by atoms with Gasteiger partial charge in [0.05, 0.1) is 5.70 Å². The van der Waals surface area contributed by atoms with Gasteiger partial charge in [0, 0.05) is 6.61 Å². The maximum Gasteiger partial charge on any atom is 0.514 e. The molecule has 0 saturated heterocycles. The van der Waals surface area contributed by atoms with Gasteiger partial charge in [-0.05, 0) is 6.92 Å². The quantitative estimate of drug-likeness (QED) is 0.624. The fraction of sp³-hybridized carbons (Fsp3) is 0.571. The van der Waals surface area contributed by atoms with Gasteiger partial charge in [0.2, 0.25) is 0 Å². The summed E-state index contributed by atoms with van der Waals surface area (Å²) in [4.78, 5) is 10.6. The molecule has 0 atom stereocenters. The van der Waals surface area contributed by atoms with Crippen LogP contribution in [0.5, 0.6) is 0 Å². The molecule has 1 rings (SSSR count). The Kier molecular flexibility index (Phi) is 2.93. The van der Waals surface area contributed by atoms with Crippen LogP contribution in [0, 0.1) is 0 Å². The van der Waals surface area contributed by atoms with Crippen molar-refractivity contribution in [2.75, 3.05) is 19.8 Å². The second-order valence-electron chi connectivity index (χ2n) is 2.23. The Morgan fingerprint density at radius 1 is 1.67 bits per heavy atom. The number of ether oxygens (including phenoxy) is 3. The van der Waals surface area contributed by atoms with Crippen molar-refractivity contribution in [1.29, 1.82) is 0 Å². The summed E-state index contributed by atoms with van der Waals surface area (Å²) in [5, 5.41) is 0. The van der Waals surface area contributed by atoms with Crippen LogP contribution < -0.4 is 5.73 Å². The van der Waals surface area contributed by atoms with Crippen LogP contribution in [0.3, 0.4) is 0 Å². The number of hydrogen-bond acceptors (Lipinski definition) is 5. The molecule has 12 heavy (non-hydrogen) atoms. The van der Waals surface area contributed by atoms with Crippen LogP contribution >= 0.6 is 0 Å². The minimum atomic E-state index is -0.723. The largest absolute Gasteiger partial charge is 0.514 e. The van der Waals surface area contributed by atoms with E-state index >= 15 is 0 Å². The highest BCUT2D eigenvalue weighted by atomic mass is 16.7. The van der Waals surface area contributed by atoms with E-state index < -0.39 is 6.16 Å². The number of carbonyl (C=O) groups is 1. The molecule has 0 unspecified atom stereocenters. The smallest absolute Gasteiger partial charge is 0.427 e. The predicted molar refractivity (Wildman–Crippen MR) is 40.1 cm³/mol. The SMILES string of the molecule is CCOCC1=C(N)COC(=O)O1. The maximum absolute atomic E-state index is 10.6. The lowest BCUT2D eigenvalue weighted by atomic mass is 10.4. The first-order valence-electron chi connectivity index (χ1n) is 3.64. The summed E-state index contributed by atoms with van der Waals surface area (Å²) in [6.07, 6.45) is -0.723. The summed E-state index contributed by atoms with van der Waals surface area (Å²) in [6, 6.07) is 0. The average Bonchev–Trinajstić information content (AvgIpc) is 2.07. The molecular weight excluding hydrogens is 162 g/mol. The lowest BCUT2D eigenvalue weighted by Crippen LogP contribution is -2.24. The molecule has 0 radical (unpaired) electrons. The van der Waals surface area contributed by atoms with Gasteiger partial charge in [-0.25, -0.2) is 4.79 Å². The molecule has 5 nitrogen and oxygen atoms in total. The molecule has 0 aromatic carbocycles. The number of hydrogen-bond donors (Lipinski definition) is 1. The van der Waals surface area contributed by atoms with Gasteiger partial charge >= 0.3 is 6.16 Å². The highest BCUT2D eigenvalue weighted by Gasteiger charge is 2.18. The Morgan fingerprint density at radius 2 is 2.42 bits per heavy atom. The molecule has 1 heterocycles. The van der Waals surface area contributed by atoms with E-state index in [2.05, 4.69) is 9.47 Å². The lowest BCUT2D eigenvalue weighted by Gasteiger charge is -2.16. The second-order valence-corrected chi connectivity index (χ2v) is 2.23. The van der Waals surface area contributed by atoms with Gasteiger partial charge < -0.3 is 19.9 Å². The summed E-state index contributed by atoms with van der Waals surface area (Å²) in [6.45, 7) is 2.70. The van der Waals surface area contributed by atoms with Gasteiger partial charge in [0.15, 0.2) is 5.76 Å². The van der Waals surface area contributed by atoms with Crippen LogP contribution in [-0.2, 0) is 14.2 Å². The molecule has 0 amide bonds. The molecule has 0 aromatic heterocycles. The van der Waals surface area contributed by atoms with E-state index in [-0.39, 0.29) is 13.2 Å². The first-order valence-corrected chi connectivity index (χ1v) is 3.64. The molecule has 1 aliphatic rings. The average molecular weight is 173 g/mol. The fourth-order valence-electron chi connectivity index (χ4n) is 0.730. The first-order chi connectivity index (χ1) is 5.74. The summed E-state index contributed by atoms with van der Waals surface area (Å²) >= 11 is 0. The number of carbonyl (C=O) groups excluding carboxylic acids is 1. The highest BCUT2D eigenvalue weighted by molar-refractivity contribution is 5.63. The number of cyclic esters (lactones) is 2. The Balaban J connectivity index is 2.52. The van der Waals surface area contributed by atoms with Gasteiger partial charge in [-0.3, -0.25) is 0 Å². The van der Waals surface area contributed by atoms with E-state index in [0.717, 1.165) is 0 Å². The van der Waals surface area contributed by atoms with E-state index in [9.17, 15) is 4.79 Å². The van der Waals surface area contributed by atoms with Crippen LogP contribution in [0.15, 0.2) is 11.5 Å².